The molecule has 0 heterocycles. The summed E-state index contributed by atoms with van der Waals surface area (Å²) >= 11 is 0. The van der Waals surface area contributed by atoms with Crippen molar-refractivity contribution in [2.45, 2.75) is 31.8 Å². The van der Waals surface area contributed by atoms with Gasteiger partial charge in [0.25, 0.3) is 0 Å². The molecule has 4 rings (SSSR count). The quantitative estimate of drug-likeness (QED) is 0.341. The molecule has 0 aromatic heterocycles. The molecule has 0 unspecified atom stereocenters. The molecule has 0 radical (unpaired) electrons. The molecule has 0 bridgehead atoms. The van der Waals surface area contributed by atoms with Crippen molar-refractivity contribution in [3.63, 3.8) is 0 Å². The van der Waals surface area contributed by atoms with E-state index in [4.69, 9.17) is 0 Å². The average Bonchev–Trinajstić information content (AvgIpc) is 2.94. The third kappa shape index (κ3) is 6.91. The number of carboxylic acid groups (broad SMARTS) is 1. The third-order valence-electron chi connectivity index (χ3n) is 6.16. The minimum Gasteiger partial charge on any atom is -0.548 e. The SMILES string of the molecule is CC[NH2+]CC.O=C([O-])[C@H](Cc1ccccc1)NC(c1ccccc1)(c1ccccc1)c1ccccc1. The monoisotopic (exact) mass is 480 g/mol. The van der Waals surface area contributed by atoms with Crippen molar-refractivity contribution in [2.24, 2.45) is 0 Å². The van der Waals surface area contributed by atoms with E-state index in [0.29, 0.717) is 6.42 Å². The molecular weight excluding hydrogens is 444 g/mol. The van der Waals surface area contributed by atoms with Gasteiger partial charge in [-0.15, -0.1) is 0 Å². The van der Waals surface area contributed by atoms with Crippen LogP contribution in [0, 0.1) is 0 Å². The summed E-state index contributed by atoms with van der Waals surface area (Å²) in [6, 6.07) is 38.6. The molecule has 0 saturated carbocycles. The molecule has 4 aromatic carbocycles. The van der Waals surface area contributed by atoms with Gasteiger partial charge in [0.1, 0.15) is 0 Å². The van der Waals surface area contributed by atoms with Gasteiger partial charge in [0.2, 0.25) is 0 Å². The zero-order chi connectivity index (χ0) is 25.6. The van der Waals surface area contributed by atoms with E-state index >= 15 is 0 Å². The molecule has 4 aromatic rings. The highest BCUT2D eigenvalue weighted by Crippen LogP contribution is 2.37. The highest BCUT2D eigenvalue weighted by molar-refractivity contribution is 5.72. The molecule has 0 aliphatic heterocycles. The summed E-state index contributed by atoms with van der Waals surface area (Å²) in [4.78, 5) is 12.3. The number of benzene rings is 4. The van der Waals surface area contributed by atoms with Crippen LogP contribution in [-0.2, 0) is 16.8 Å². The largest absolute Gasteiger partial charge is 0.548 e. The Morgan fingerprint density at radius 3 is 1.36 bits per heavy atom. The molecule has 36 heavy (non-hydrogen) atoms. The topological polar surface area (TPSA) is 68.8 Å². The van der Waals surface area contributed by atoms with Crippen molar-refractivity contribution < 1.29 is 15.2 Å². The van der Waals surface area contributed by atoms with Crippen LogP contribution in [0.3, 0.4) is 0 Å². The van der Waals surface area contributed by atoms with E-state index in [-0.39, 0.29) is 0 Å². The second kappa shape index (κ2) is 14.0. The summed E-state index contributed by atoms with van der Waals surface area (Å²) in [5.41, 5.74) is 2.97. The standard InChI is InChI=1S/C28H25NO2.C4H11N/c30-27(31)26(21-22-13-5-1-6-14-22)29-28(23-15-7-2-8-16-23,24-17-9-3-10-18-24)25-19-11-4-12-20-25;1-3-5-4-2/h1-20,26,29H,21H2,(H,30,31);5H,3-4H2,1-2H3/t26-;/m0./s1. The number of quaternary nitrogens is 1. The van der Waals surface area contributed by atoms with Gasteiger partial charge in [0, 0.05) is 0 Å². The summed E-state index contributed by atoms with van der Waals surface area (Å²) in [6.45, 7) is 6.75. The van der Waals surface area contributed by atoms with Gasteiger partial charge in [0.15, 0.2) is 0 Å². The van der Waals surface area contributed by atoms with E-state index in [0.717, 1.165) is 22.3 Å². The zero-order valence-electron chi connectivity index (χ0n) is 21.1. The van der Waals surface area contributed by atoms with Crippen LogP contribution in [0.2, 0.25) is 0 Å². The van der Waals surface area contributed by atoms with Gasteiger partial charge < -0.3 is 15.2 Å². The Balaban J connectivity index is 0.000000658. The molecule has 3 N–H and O–H groups in total. The summed E-state index contributed by atoms with van der Waals surface area (Å²) in [6.07, 6.45) is 0.317. The Labute approximate surface area is 215 Å². The number of carbonyl (C=O) groups is 1. The number of nitrogens with one attached hydrogen (secondary N) is 1. The van der Waals surface area contributed by atoms with Crippen molar-refractivity contribution in [3.05, 3.63) is 144 Å². The van der Waals surface area contributed by atoms with Gasteiger partial charge in [-0.3, -0.25) is 5.32 Å². The van der Waals surface area contributed by atoms with Gasteiger partial charge in [0.05, 0.1) is 30.6 Å². The molecule has 4 nitrogen and oxygen atoms in total. The number of carboxylic acids is 1. The number of rotatable bonds is 10. The highest BCUT2D eigenvalue weighted by Gasteiger charge is 2.38. The van der Waals surface area contributed by atoms with Crippen molar-refractivity contribution >= 4 is 5.97 Å². The van der Waals surface area contributed by atoms with E-state index in [1.807, 2.05) is 121 Å². The first-order chi connectivity index (χ1) is 17.6. The fraction of sp³-hybridized carbons (Fsp3) is 0.219. The molecule has 4 heteroatoms. The molecular formula is C32H36N2O2. The van der Waals surface area contributed by atoms with Crippen LogP contribution in [0.15, 0.2) is 121 Å². The van der Waals surface area contributed by atoms with E-state index < -0.39 is 17.6 Å². The van der Waals surface area contributed by atoms with Crippen LogP contribution < -0.4 is 15.7 Å². The molecule has 186 valence electrons. The molecule has 0 aliphatic rings. The second-order valence-corrected chi connectivity index (χ2v) is 8.66. The normalized spacial score (nSPS) is 11.7. The van der Waals surface area contributed by atoms with Crippen LogP contribution in [0.4, 0.5) is 0 Å². The van der Waals surface area contributed by atoms with E-state index in [2.05, 4.69) is 24.5 Å². The van der Waals surface area contributed by atoms with Crippen molar-refractivity contribution in [2.75, 3.05) is 13.1 Å². The molecule has 0 saturated heterocycles. The first-order valence-corrected chi connectivity index (χ1v) is 12.6. The van der Waals surface area contributed by atoms with E-state index in [1.54, 1.807) is 0 Å². The van der Waals surface area contributed by atoms with Gasteiger partial charge in [-0.05, 0) is 42.5 Å². The first kappa shape index (κ1) is 26.9. The van der Waals surface area contributed by atoms with Crippen LogP contribution in [0.5, 0.6) is 0 Å². The number of hydrogen-bond acceptors (Lipinski definition) is 3. The number of aliphatic carboxylic acids is 1. The van der Waals surface area contributed by atoms with Crippen molar-refractivity contribution in [1.82, 2.24) is 5.32 Å². The first-order valence-electron chi connectivity index (χ1n) is 12.6. The predicted molar refractivity (Wildman–Crippen MR) is 144 cm³/mol. The minimum absolute atomic E-state index is 0.317. The fourth-order valence-corrected chi connectivity index (χ4v) is 4.41. The number of hydrogen-bond donors (Lipinski definition) is 2. The van der Waals surface area contributed by atoms with Crippen LogP contribution >= 0.6 is 0 Å². The lowest BCUT2D eigenvalue weighted by molar-refractivity contribution is -0.648. The third-order valence-corrected chi connectivity index (χ3v) is 6.16. The van der Waals surface area contributed by atoms with Gasteiger partial charge in [-0.1, -0.05) is 121 Å². The second-order valence-electron chi connectivity index (χ2n) is 8.66. The number of carbonyl (C=O) groups excluding carboxylic acids is 1. The maximum absolute atomic E-state index is 12.3. The lowest BCUT2D eigenvalue weighted by atomic mass is 9.76. The summed E-state index contributed by atoms with van der Waals surface area (Å²) < 4.78 is 0. The van der Waals surface area contributed by atoms with E-state index in [1.165, 1.54) is 13.1 Å². The Bertz CT molecular complexity index is 1050. The predicted octanol–water partition coefficient (Wildman–Crippen LogP) is 3.52. The average molecular weight is 481 g/mol. The lowest BCUT2D eigenvalue weighted by Crippen LogP contribution is -2.82. The van der Waals surface area contributed by atoms with E-state index in [9.17, 15) is 9.90 Å². The minimum atomic E-state index is -1.13. The summed E-state index contributed by atoms with van der Waals surface area (Å²) in [7, 11) is 0. The maximum Gasteiger partial charge on any atom is 0.0953 e. The smallest absolute Gasteiger partial charge is 0.0953 e. The Morgan fingerprint density at radius 2 is 1.06 bits per heavy atom. The molecule has 1 atom stereocenters. The summed E-state index contributed by atoms with van der Waals surface area (Å²) in [5, 5.41) is 18.1. The maximum atomic E-state index is 12.3. The summed E-state index contributed by atoms with van der Waals surface area (Å²) in [5.74, 6) is -1.13. The molecule has 0 spiro atoms. The molecule has 0 aliphatic carbocycles. The zero-order valence-corrected chi connectivity index (χ0v) is 21.1. The Morgan fingerprint density at radius 1 is 0.694 bits per heavy atom. The van der Waals surface area contributed by atoms with Crippen LogP contribution in [0.25, 0.3) is 0 Å². The lowest BCUT2D eigenvalue weighted by Gasteiger charge is -2.40. The van der Waals surface area contributed by atoms with Crippen LogP contribution in [-0.4, -0.2) is 25.1 Å². The van der Waals surface area contributed by atoms with Crippen molar-refractivity contribution in [3.8, 4) is 0 Å². The van der Waals surface area contributed by atoms with Gasteiger partial charge in [-0.25, -0.2) is 0 Å². The fourth-order valence-electron chi connectivity index (χ4n) is 4.41. The Kier molecular flexibility index (Phi) is 10.4. The van der Waals surface area contributed by atoms with Gasteiger partial charge >= 0.3 is 0 Å². The number of nitrogens with two attached hydrogens (primary N) is 1. The van der Waals surface area contributed by atoms with Gasteiger partial charge in [-0.2, -0.15) is 0 Å². The van der Waals surface area contributed by atoms with Crippen LogP contribution in [0.1, 0.15) is 36.1 Å². The Hall–Kier alpha value is -3.73. The molecule has 0 fully saturated rings. The van der Waals surface area contributed by atoms with Crippen molar-refractivity contribution in [1.29, 1.82) is 0 Å². The molecule has 0 amide bonds. The highest BCUT2D eigenvalue weighted by atomic mass is 16.4.